The van der Waals surface area contributed by atoms with Gasteiger partial charge in [0.05, 0.1) is 11.0 Å². The number of aryl methyl sites for hydroxylation is 2. The first-order valence-electron chi connectivity index (χ1n) is 6.70. The van der Waals surface area contributed by atoms with Gasteiger partial charge in [0.25, 0.3) is 0 Å². The van der Waals surface area contributed by atoms with Gasteiger partial charge in [0, 0.05) is 26.4 Å². The van der Waals surface area contributed by atoms with Crippen LogP contribution in [0.4, 0.5) is 0 Å². The first kappa shape index (κ1) is 14.9. The number of carbonyl (C=O) groups is 1. The van der Waals surface area contributed by atoms with Gasteiger partial charge in [-0.3, -0.25) is 4.79 Å². The summed E-state index contributed by atoms with van der Waals surface area (Å²) in [5, 5.41) is 0. The molecular formula is C15H20ClN3O. The van der Waals surface area contributed by atoms with Crippen LogP contribution in [0.15, 0.2) is 18.2 Å². The van der Waals surface area contributed by atoms with Crippen molar-refractivity contribution in [2.24, 2.45) is 0 Å². The van der Waals surface area contributed by atoms with Crippen LogP contribution in [0.3, 0.4) is 0 Å². The third-order valence-corrected chi connectivity index (χ3v) is 3.61. The zero-order valence-electron chi connectivity index (χ0n) is 12.4. The Kier molecular flexibility index (Phi) is 4.33. The van der Waals surface area contributed by atoms with Crippen LogP contribution < -0.4 is 0 Å². The largest absolute Gasteiger partial charge is 0.347 e. The minimum Gasteiger partial charge on any atom is -0.347 e. The molecule has 1 unspecified atom stereocenters. The second kappa shape index (κ2) is 5.83. The van der Waals surface area contributed by atoms with E-state index >= 15 is 0 Å². The molecule has 0 fully saturated rings. The normalized spacial score (nSPS) is 12.7. The number of fused-ring (bicyclic) bond motifs is 1. The lowest BCUT2D eigenvalue weighted by Gasteiger charge is -2.20. The van der Waals surface area contributed by atoms with Crippen molar-refractivity contribution in [3.8, 4) is 0 Å². The molecule has 0 radical (unpaired) electrons. The fraction of sp³-hybridized carbons (Fsp3) is 0.467. The molecule has 20 heavy (non-hydrogen) atoms. The van der Waals surface area contributed by atoms with E-state index in [1.165, 1.54) is 0 Å². The Labute approximate surface area is 124 Å². The Morgan fingerprint density at radius 2 is 2.15 bits per heavy atom. The smallest absolute Gasteiger partial charge is 0.244 e. The van der Waals surface area contributed by atoms with Gasteiger partial charge in [0.1, 0.15) is 11.9 Å². The maximum atomic E-state index is 12.3. The number of halogens is 1. The molecule has 0 spiro atoms. The third-order valence-electron chi connectivity index (χ3n) is 3.42. The van der Waals surface area contributed by atoms with E-state index in [0.29, 0.717) is 12.3 Å². The molecule has 0 saturated carbocycles. The molecule has 2 rings (SSSR count). The first-order valence-corrected chi connectivity index (χ1v) is 7.23. The second-order valence-electron chi connectivity index (χ2n) is 5.24. The topological polar surface area (TPSA) is 38.1 Å². The van der Waals surface area contributed by atoms with Crippen LogP contribution in [0.1, 0.15) is 24.4 Å². The highest BCUT2D eigenvalue weighted by Crippen LogP contribution is 2.24. The predicted molar refractivity (Wildman–Crippen MR) is 82.3 cm³/mol. The highest BCUT2D eigenvalue weighted by atomic mass is 35.5. The molecule has 0 aliphatic heterocycles. The quantitative estimate of drug-likeness (QED) is 0.813. The molecule has 1 atom stereocenters. The molecule has 1 heterocycles. The Morgan fingerprint density at radius 3 is 2.75 bits per heavy atom. The first-order chi connectivity index (χ1) is 9.45. The number of amides is 1. The number of likely N-dealkylation sites (N-methyl/N-ethyl adjacent to an activating group) is 1. The summed E-state index contributed by atoms with van der Waals surface area (Å²) in [7, 11) is 3.54. The van der Waals surface area contributed by atoms with E-state index in [0.717, 1.165) is 22.4 Å². The molecule has 0 N–H and O–H groups in total. The fourth-order valence-electron chi connectivity index (χ4n) is 2.43. The van der Waals surface area contributed by atoms with Crippen molar-refractivity contribution in [1.82, 2.24) is 14.5 Å². The second-order valence-corrected chi connectivity index (χ2v) is 5.62. The monoisotopic (exact) mass is 293 g/mol. The molecular weight excluding hydrogens is 274 g/mol. The van der Waals surface area contributed by atoms with Gasteiger partial charge in [-0.05, 0) is 31.5 Å². The van der Waals surface area contributed by atoms with Crippen LogP contribution >= 0.6 is 11.6 Å². The van der Waals surface area contributed by atoms with Crippen molar-refractivity contribution in [2.45, 2.75) is 26.3 Å². The number of aromatic nitrogens is 2. The molecule has 0 saturated heterocycles. The van der Waals surface area contributed by atoms with E-state index in [2.05, 4.69) is 11.1 Å². The Hall–Kier alpha value is -1.55. The van der Waals surface area contributed by atoms with Crippen LogP contribution in [0, 0.1) is 6.92 Å². The number of alkyl halides is 1. The predicted octanol–water partition coefficient (Wildman–Crippen LogP) is 2.78. The van der Waals surface area contributed by atoms with E-state index in [4.69, 9.17) is 11.6 Å². The van der Waals surface area contributed by atoms with E-state index < -0.39 is 0 Å². The van der Waals surface area contributed by atoms with Gasteiger partial charge in [-0.1, -0.05) is 6.07 Å². The van der Waals surface area contributed by atoms with E-state index in [-0.39, 0.29) is 11.9 Å². The molecule has 1 aromatic heterocycles. The van der Waals surface area contributed by atoms with Gasteiger partial charge in [-0.2, -0.15) is 0 Å². The Morgan fingerprint density at radius 1 is 1.45 bits per heavy atom. The van der Waals surface area contributed by atoms with Gasteiger partial charge < -0.3 is 9.47 Å². The van der Waals surface area contributed by atoms with Gasteiger partial charge in [-0.25, -0.2) is 4.98 Å². The minimum atomic E-state index is -0.282. The zero-order valence-corrected chi connectivity index (χ0v) is 13.1. The van der Waals surface area contributed by atoms with Crippen molar-refractivity contribution in [2.75, 3.05) is 20.0 Å². The van der Waals surface area contributed by atoms with Crippen molar-refractivity contribution in [1.29, 1.82) is 0 Å². The fourth-order valence-corrected chi connectivity index (χ4v) is 2.60. The van der Waals surface area contributed by atoms with E-state index in [1.807, 2.05) is 30.5 Å². The van der Waals surface area contributed by atoms with Gasteiger partial charge in [0.2, 0.25) is 5.91 Å². The van der Waals surface area contributed by atoms with E-state index in [9.17, 15) is 4.79 Å². The third kappa shape index (κ3) is 2.66. The number of rotatable bonds is 4. The molecule has 1 amide bonds. The van der Waals surface area contributed by atoms with Crippen LogP contribution in [0.5, 0.6) is 0 Å². The summed E-state index contributed by atoms with van der Waals surface area (Å²) in [6.07, 6.45) is 0.653. The summed E-state index contributed by atoms with van der Waals surface area (Å²) in [6.45, 7) is 3.94. The molecule has 1 aromatic carbocycles. The highest BCUT2D eigenvalue weighted by Gasteiger charge is 2.22. The summed E-state index contributed by atoms with van der Waals surface area (Å²) < 4.78 is 2.01. The summed E-state index contributed by atoms with van der Waals surface area (Å²) in [6, 6.07) is 5.81. The molecule has 0 aliphatic carbocycles. The number of nitrogens with zero attached hydrogens (tertiary/aromatic N) is 3. The Balaban J connectivity index is 2.61. The maximum Gasteiger partial charge on any atom is 0.244 e. The number of carbonyl (C=O) groups excluding carboxylic acids is 1. The van der Waals surface area contributed by atoms with E-state index in [1.54, 1.807) is 19.0 Å². The van der Waals surface area contributed by atoms with Crippen LogP contribution in [-0.4, -0.2) is 40.3 Å². The summed E-state index contributed by atoms with van der Waals surface area (Å²) in [5.74, 6) is 1.41. The van der Waals surface area contributed by atoms with Crippen molar-refractivity contribution in [3.05, 3.63) is 29.6 Å². The number of imidazole rings is 1. The average molecular weight is 294 g/mol. The number of hydrogen-bond donors (Lipinski definition) is 0. The van der Waals surface area contributed by atoms with Gasteiger partial charge in [0.15, 0.2) is 0 Å². The summed E-state index contributed by atoms with van der Waals surface area (Å²) >= 11 is 5.86. The van der Waals surface area contributed by atoms with Crippen molar-refractivity contribution >= 4 is 28.5 Å². The van der Waals surface area contributed by atoms with Gasteiger partial charge in [-0.15, -0.1) is 11.6 Å². The van der Waals surface area contributed by atoms with Crippen molar-refractivity contribution < 1.29 is 4.79 Å². The SMILES string of the molecule is Cc1ccc2nc(CCCl)n(C(C)C(=O)N(C)C)c2c1. The lowest BCUT2D eigenvalue weighted by Crippen LogP contribution is -2.30. The molecule has 0 bridgehead atoms. The number of hydrogen-bond acceptors (Lipinski definition) is 2. The standard InChI is InChI=1S/C15H20ClN3O/c1-10-5-6-12-13(9-10)19(14(17-12)7-8-16)11(2)15(20)18(3)4/h5-6,9,11H,7-8H2,1-4H3. The lowest BCUT2D eigenvalue weighted by molar-refractivity contribution is -0.131. The maximum absolute atomic E-state index is 12.3. The van der Waals surface area contributed by atoms with Crippen LogP contribution in [-0.2, 0) is 11.2 Å². The molecule has 108 valence electrons. The van der Waals surface area contributed by atoms with Crippen LogP contribution in [0.25, 0.3) is 11.0 Å². The molecule has 2 aromatic rings. The molecule has 4 nitrogen and oxygen atoms in total. The summed E-state index contributed by atoms with van der Waals surface area (Å²) in [5.41, 5.74) is 3.06. The highest BCUT2D eigenvalue weighted by molar-refractivity contribution is 6.17. The zero-order chi connectivity index (χ0) is 14.9. The van der Waals surface area contributed by atoms with Crippen LogP contribution in [0.2, 0.25) is 0 Å². The summed E-state index contributed by atoms with van der Waals surface area (Å²) in [4.78, 5) is 18.5. The lowest BCUT2D eigenvalue weighted by atomic mass is 10.2. The Bertz CT molecular complexity index is 633. The molecule has 5 heteroatoms. The minimum absolute atomic E-state index is 0.0571. The number of benzene rings is 1. The van der Waals surface area contributed by atoms with Gasteiger partial charge >= 0.3 is 0 Å². The average Bonchev–Trinajstić information content (AvgIpc) is 2.74. The molecule has 0 aliphatic rings. The van der Waals surface area contributed by atoms with Crippen molar-refractivity contribution in [3.63, 3.8) is 0 Å².